The van der Waals surface area contributed by atoms with Gasteiger partial charge in [-0.15, -0.1) is 0 Å². The van der Waals surface area contributed by atoms with Crippen molar-refractivity contribution in [2.75, 3.05) is 32.7 Å². The number of nitrogens with zero attached hydrogens (tertiary/aromatic N) is 1. The number of benzene rings is 2. The Labute approximate surface area is 349 Å². The van der Waals surface area contributed by atoms with Crippen molar-refractivity contribution < 1.29 is 52.2 Å². The molecule has 15 nitrogen and oxygen atoms in total. The average Bonchev–Trinajstić information content (AvgIpc) is 3.19. The summed E-state index contributed by atoms with van der Waals surface area (Å²) in [5, 5.41) is 28.6. The van der Waals surface area contributed by atoms with Crippen LogP contribution in [0.4, 0.5) is 13.2 Å². The maximum Gasteiger partial charge on any atom is 0.490 e. The summed E-state index contributed by atoms with van der Waals surface area (Å²) in [7, 11) is 0. The van der Waals surface area contributed by atoms with Crippen molar-refractivity contribution >= 4 is 35.6 Å². The number of rotatable bonds is 21. The molecule has 4 atom stereocenters. The molecule has 2 aromatic carbocycles. The lowest BCUT2D eigenvalue weighted by Crippen LogP contribution is -2.60. The second-order valence-corrected chi connectivity index (χ2v) is 15.8. The minimum absolute atomic E-state index is 0.00532. The second kappa shape index (κ2) is 24.9. The van der Waals surface area contributed by atoms with E-state index in [1.54, 1.807) is 4.90 Å². The number of carbonyl (C=O) groups is 6. The zero-order valence-electron chi connectivity index (χ0n) is 34.8. The first-order chi connectivity index (χ1) is 28.2. The molecule has 0 aliphatic carbocycles. The number of likely N-dealkylation sites (tertiary alicyclic amines) is 1. The van der Waals surface area contributed by atoms with Crippen LogP contribution in [0.5, 0.6) is 0 Å². The SMILES string of the molecule is CC(C)C[C@@H](NC(=O)[C@@H](Cc1ccccc1)NC(=O)CNC[C@@H](c1ccccc1)C(C)C)C(=O)N[C@H](CCCCN)C(=O)N1CCC(N)(C(=O)O)CC1.O=C(O)C(F)(F)F. The summed E-state index contributed by atoms with van der Waals surface area (Å²) >= 11 is 0. The topological polar surface area (TPSA) is 246 Å². The van der Waals surface area contributed by atoms with E-state index in [9.17, 15) is 42.3 Å². The maximum absolute atomic E-state index is 14.0. The molecule has 1 fully saturated rings. The molecule has 1 heterocycles. The quantitative estimate of drug-likeness (QED) is 0.0849. The molecule has 0 saturated carbocycles. The molecule has 10 N–H and O–H groups in total. The zero-order chi connectivity index (χ0) is 45.0. The number of amides is 4. The van der Waals surface area contributed by atoms with E-state index in [0.29, 0.717) is 44.7 Å². The maximum atomic E-state index is 14.0. The minimum Gasteiger partial charge on any atom is -0.480 e. The van der Waals surface area contributed by atoms with Crippen molar-refractivity contribution in [2.45, 2.75) is 108 Å². The van der Waals surface area contributed by atoms with Crippen LogP contribution in [0, 0.1) is 11.8 Å². The molecule has 0 spiro atoms. The summed E-state index contributed by atoms with van der Waals surface area (Å²) in [4.78, 5) is 76.9. The van der Waals surface area contributed by atoms with E-state index in [1.165, 1.54) is 5.56 Å². The third-order valence-electron chi connectivity index (χ3n) is 10.2. The van der Waals surface area contributed by atoms with Crippen LogP contribution < -0.4 is 32.7 Å². The summed E-state index contributed by atoms with van der Waals surface area (Å²) in [6, 6.07) is 16.6. The largest absolute Gasteiger partial charge is 0.490 e. The molecule has 334 valence electrons. The first-order valence-corrected chi connectivity index (χ1v) is 20.2. The van der Waals surface area contributed by atoms with Crippen LogP contribution in [-0.4, -0.2) is 113 Å². The van der Waals surface area contributed by atoms with E-state index in [4.69, 9.17) is 21.4 Å². The van der Waals surface area contributed by atoms with Crippen molar-refractivity contribution in [2.24, 2.45) is 23.3 Å². The molecule has 0 aromatic heterocycles. The molecule has 3 rings (SSSR count). The Hall–Kier alpha value is -5.07. The minimum atomic E-state index is -5.08. The molecule has 1 aliphatic heterocycles. The van der Waals surface area contributed by atoms with Gasteiger partial charge in [0, 0.05) is 26.1 Å². The number of nitrogens with one attached hydrogen (secondary N) is 4. The lowest BCUT2D eigenvalue weighted by molar-refractivity contribution is -0.192. The highest BCUT2D eigenvalue weighted by molar-refractivity contribution is 5.94. The predicted molar refractivity (Wildman–Crippen MR) is 219 cm³/mol. The fourth-order valence-corrected chi connectivity index (χ4v) is 6.64. The Morgan fingerprint density at radius 2 is 1.33 bits per heavy atom. The van der Waals surface area contributed by atoms with Gasteiger partial charge >= 0.3 is 18.1 Å². The van der Waals surface area contributed by atoms with Gasteiger partial charge < -0.3 is 47.8 Å². The zero-order valence-corrected chi connectivity index (χ0v) is 34.8. The van der Waals surface area contributed by atoms with Gasteiger partial charge in [0.2, 0.25) is 23.6 Å². The number of piperidine rings is 1. The Kier molecular flexibility index (Phi) is 21.2. The van der Waals surface area contributed by atoms with E-state index in [-0.39, 0.29) is 62.5 Å². The number of carboxylic acids is 2. The normalized spacial score (nSPS) is 15.8. The highest BCUT2D eigenvalue weighted by Gasteiger charge is 2.41. The number of hydrogen-bond donors (Lipinski definition) is 8. The molecular formula is C42H62F3N7O8. The average molecular weight is 850 g/mol. The first kappa shape index (κ1) is 51.1. The van der Waals surface area contributed by atoms with Gasteiger partial charge in [-0.2, -0.15) is 13.2 Å². The first-order valence-electron chi connectivity index (χ1n) is 20.2. The van der Waals surface area contributed by atoms with Crippen LogP contribution in [-0.2, 0) is 35.2 Å². The second-order valence-electron chi connectivity index (χ2n) is 15.8. The number of hydrogen-bond acceptors (Lipinski definition) is 9. The van der Waals surface area contributed by atoms with Gasteiger partial charge in [-0.1, -0.05) is 88.4 Å². The lowest BCUT2D eigenvalue weighted by atomic mass is 9.88. The van der Waals surface area contributed by atoms with E-state index < -0.39 is 53.6 Å². The Balaban J connectivity index is 0.00000162. The molecule has 60 heavy (non-hydrogen) atoms. The number of carbonyl (C=O) groups excluding carboxylic acids is 4. The molecular weight excluding hydrogens is 787 g/mol. The summed E-state index contributed by atoms with van der Waals surface area (Å²) < 4.78 is 31.7. The van der Waals surface area contributed by atoms with Crippen LogP contribution >= 0.6 is 0 Å². The van der Waals surface area contributed by atoms with E-state index in [0.717, 1.165) is 5.56 Å². The molecule has 1 saturated heterocycles. The number of alkyl halides is 3. The van der Waals surface area contributed by atoms with Gasteiger partial charge in [0.1, 0.15) is 23.7 Å². The summed E-state index contributed by atoms with van der Waals surface area (Å²) in [6.45, 7) is 9.45. The number of carboxylic acid groups (broad SMARTS) is 2. The molecule has 2 aromatic rings. The smallest absolute Gasteiger partial charge is 0.480 e. The van der Waals surface area contributed by atoms with Crippen LogP contribution in [0.15, 0.2) is 60.7 Å². The van der Waals surface area contributed by atoms with Gasteiger partial charge in [-0.3, -0.25) is 24.0 Å². The molecule has 0 radical (unpaired) electrons. The predicted octanol–water partition coefficient (Wildman–Crippen LogP) is 2.93. The van der Waals surface area contributed by atoms with Crippen molar-refractivity contribution in [3.05, 3.63) is 71.8 Å². The Bertz CT molecular complexity index is 1670. The van der Waals surface area contributed by atoms with Gasteiger partial charge in [-0.05, 0) is 74.0 Å². The van der Waals surface area contributed by atoms with E-state index >= 15 is 0 Å². The van der Waals surface area contributed by atoms with E-state index in [2.05, 4.69) is 47.2 Å². The fraction of sp³-hybridized carbons (Fsp3) is 0.571. The van der Waals surface area contributed by atoms with E-state index in [1.807, 2.05) is 62.4 Å². The molecule has 0 unspecified atom stereocenters. The van der Waals surface area contributed by atoms with Gasteiger partial charge in [-0.25, -0.2) is 4.79 Å². The summed E-state index contributed by atoms with van der Waals surface area (Å²) in [5.74, 6) is -5.02. The van der Waals surface area contributed by atoms with Crippen molar-refractivity contribution in [3.63, 3.8) is 0 Å². The standard InChI is InChI=1S/C40H61N7O6.C2HF3O2/c1-27(2)23-33(36(49)45-32(17-11-12-20-41)38(51)47-21-18-40(42,19-22-47)39(52)53)46-37(50)34(24-29-13-7-5-8-14-29)44-35(48)26-43-25-31(28(3)4)30-15-9-6-10-16-30;3-2(4,5)1(6)7/h5-10,13-16,27-28,31-34,43H,11-12,17-26,41-42H2,1-4H3,(H,44,48)(H,45,49)(H,46,50)(H,52,53);(H,6,7)/t31-,32-,33-,34-;/m1./s1. The van der Waals surface area contributed by atoms with Crippen LogP contribution in [0.25, 0.3) is 0 Å². The van der Waals surface area contributed by atoms with Crippen molar-refractivity contribution in [1.82, 2.24) is 26.2 Å². The molecule has 4 amide bonds. The highest BCUT2D eigenvalue weighted by Crippen LogP contribution is 2.24. The van der Waals surface area contributed by atoms with Crippen LogP contribution in [0.1, 0.15) is 83.3 Å². The van der Waals surface area contributed by atoms with Gasteiger partial charge in [0.15, 0.2) is 0 Å². The van der Waals surface area contributed by atoms with Crippen LogP contribution in [0.2, 0.25) is 0 Å². The van der Waals surface area contributed by atoms with Gasteiger partial charge in [0.25, 0.3) is 0 Å². The van der Waals surface area contributed by atoms with Gasteiger partial charge in [0.05, 0.1) is 6.54 Å². The summed E-state index contributed by atoms with van der Waals surface area (Å²) in [6.07, 6.45) is -2.82. The fourth-order valence-electron chi connectivity index (χ4n) is 6.64. The Morgan fingerprint density at radius 1 is 0.800 bits per heavy atom. The van der Waals surface area contributed by atoms with Crippen molar-refractivity contribution in [3.8, 4) is 0 Å². The number of unbranched alkanes of at least 4 members (excludes halogenated alkanes) is 1. The third kappa shape index (κ3) is 17.6. The monoisotopic (exact) mass is 849 g/mol. The third-order valence-corrected chi connectivity index (χ3v) is 10.2. The van der Waals surface area contributed by atoms with Crippen molar-refractivity contribution in [1.29, 1.82) is 0 Å². The molecule has 0 bridgehead atoms. The Morgan fingerprint density at radius 3 is 1.83 bits per heavy atom. The molecule has 18 heteroatoms. The lowest BCUT2D eigenvalue weighted by Gasteiger charge is -2.38. The number of aliphatic carboxylic acids is 2. The molecule has 1 aliphatic rings. The summed E-state index contributed by atoms with van der Waals surface area (Å²) in [5.41, 5.74) is 12.4. The highest BCUT2D eigenvalue weighted by atomic mass is 19.4. The number of nitrogens with two attached hydrogens (primary N) is 2. The van der Waals surface area contributed by atoms with Crippen LogP contribution in [0.3, 0.4) is 0 Å². The number of halogens is 3.